The Morgan fingerprint density at radius 2 is 2.26 bits per heavy atom. The highest BCUT2D eigenvalue weighted by Gasteiger charge is 2.22. The van der Waals surface area contributed by atoms with Crippen molar-refractivity contribution in [2.24, 2.45) is 18.7 Å². The number of nitrogens with one attached hydrogen (secondary N) is 1. The third-order valence-corrected chi connectivity index (χ3v) is 4.02. The third kappa shape index (κ3) is 3.35. The minimum Gasteiger partial charge on any atom is -0.350 e. The fourth-order valence-electron chi connectivity index (χ4n) is 2.72. The lowest BCUT2D eigenvalue weighted by Gasteiger charge is -2.28. The molecule has 3 N–H and O–H groups in total. The van der Waals surface area contributed by atoms with Crippen LogP contribution in [0, 0.1) is 5.92 Å². The maximum Gasteiger partial charge on any atom is 0.269 e. The number of amides is 1. The summed E-state index contributed by atoms with van der Waals surface area (Å²) in [7, 11) is 1.81. The molecular formula is C14H24N4O. The summed E-state index contributed by atoms with van der Waals surface area (Å²) in [5, 5.41) is 7.29. The Balaban J connectivity index is 1.91. The zero-order valence-electron chi connectivity index (χ0n) is 11.9. The molecule has 5 nitrogen and oxygen atoms in total. The first-order chi connectivity index (χ1) is 9.11. The average Bonchev–Trinajstić information content (AvgIpc) is 2.79. The van der Waals surface area contributed by atoms with Gasteiger partial charge in [-0.3, -0.25) is 9.48 Å². The van der Waals surface area contributed by atoms with Crippen LogP contribution in [0.15, 0.2) is 6.07 Å². The summed E-state index contributed by atoms with van der Waals surface area (Å²) >= 11 is 0. The van der Waals surface area contributed by atoms with Crippen LogP contribution in [0.2, 0.25) is 0 Å². The number of carbonyl (C=O) groups excluding carboxylic acids is 1. The Bertz CT molecular complexity index is 441. The third-order valence-electron chi connectivity index (χ3n) is 4.02. The summed E-state index contributed by atoms with van der Waals surface area (Å²) in [5.74, 6) is 0.365. The minimum atomic E-state index is -0.0486. The standard InChI is InChI=1S/C14H24N4O/c1-3-11-8-13(18(2)17-11)14(19)16-9-10-6-4-5-7-12(10)15/h8,10,12H,3-7,9,15H2,1-2H3,(H,16,19). The van der Waals surface area contributed by atoms with Crippen molar-refractivity contribution in [2.45, 2.75) is 45.1 Å². The van der Waals surface area contributed by atoms with Gasteiger partial charge >= 0.3 is 0 Å². The predicted octanol–water partition coefficient (Wildman–Crippen LogP) is 1.23. The molecule has 0 saturated heterocycles. The highest BCUT2D eigenvalue weighted by Crippen LogP contribution is 2.22. The van der Waals surface area contributed by atoms with Gasteiger partial charge < -0.3 is 11.1 Å². The topological polar surface area (TPSA) is 72.9 Å². The Kier molecular flexibility index (Phi) is 4.58. The van der Waals surface area contributed by atoms with Gasteiger partial charge in [-0.2, -0.15) is 5.10 Å². The summed E-state index contributed by atoms with van der Waals surface area (Å²) in [6.07, 6.45) is 5.47. The number of nitrogens with two attached hydrogens (primary N) is 1. The van der Waals surface area contributed by atoms with Gasteiger partial charge in [-0.25, -0.2) is 0 Å². The molecular weight excluding hydrogens is 240 g/mol. The Morgan fingerprint density at radius 1 is 1.53 bits per heavy atom. The van der Waals surface area contributed by atoms with Crippen LogP contribution in [0.5, 0.6) is 0 Å². The minimum absolute atomic E-state index is 0.0486. The normalized spacial score (nSPS) is 23.3. The molecule has 0 radical (unpaired) electrons. The zero-order chi connectivity index (χ0) is 13.8. The molecule has 1 fully saturated rings. The van der Waals surface area contributed by atoms with Crippen molar-refractivity contribution >= 4 is 5.91 Å². The lowest BCUT2D eigenvalue weighted by Crippen LogP contribution is -2.41. The molecule has 0 aliphatic heterocycles. The van der Waals surface area contributed by atoms with E-state index in [9.17, 15) is 4.79 Å². The van der Waals surface area contributed by atoms with E-state index in [-0.39, 0.29) is 11.9 Å². The average molecular weight is 264 g/mol. The maximum atomic E-state index is 12.1. The van der Waals surface area contributed by atoms with Gasteiger partial charge in [-0.15, -0.1) is 0 Å². The molecule has 0 spiro atoms. The van der Waals surface area contributed by atoms with Crippen molar-refractivity contribution in [2.75, 3.05) is 6.54 Å². The second kappa shape index (κ2) is 6.19. The van der Waals surface area contributed by atoms with E-state index in [1.807, 2.05) is 13.0 Å². The van der Waals surface area contributed by atoms with Gasteiger partial charge in [0, 0.05) is 19.6 Å². The van der Waals surface area contributed by atoms with Crippen molar-refractivity contribution in [3.63, 3.8) is 0 Å². The van der Waals surface area contributed by atoms with E-state index in [1.54, 1.807) is 11.7 Å². The maximum absolute atomic E-state index is 12.1. The van der Waals surface area contributed by atoms with Gasteiger partial charge in [0.2, 0.25) is 0 Å². The number of carbonyl (C=O) groups is 1. The van der Waals surface area contributed by atoms with E-state index in [0.29, 0.717) is 18.2 Å². The summed E-state index contributed by atoms with van der Waals surface area (Å²) in [6, 6.07) is 2.09. The fraction of sp³-hybridized carbons (Fsp3) is 0.714. The summed E-state index contributed by atoms with van der Waals surface area (Å²) < 4.78 is 1.65. The van der Waals surface area contributed by atoms with Gasteiger partial charge in [0.1, 0.15) is 5.69 Å². The first-order valence-electron chi connectivity index (χ1n) is 7.18. The number of hydrogen-bond acceptors (Lipinski definition) is 3. The van der Waals surface area contributed by atoms with Crippen molar-refractivity contribution in [3.8, 4) is 0 Å². The molecule has 1 aromatic rings. The molecule has 1 amide bonds. The second-order valence-electron chi connectivity index (χ2n) is 5.42. The van der Waals surface area contributed by atoms with Crippen molar-refractivity contribution in [1.29, 1.82) is 0 Å². The smallest absolute Gasteiger partial charge is 0.269 e. The molecule has 1 aliphatic carbocycles. The number of hydrogen-bond donors (Lipinski definition) is 2. The highest BCUT2D eigenvalue weighted by molar-refractivity contribution is 5.92. The van der Waals surface area contributed by atoms with Gasteiger partial charge in [0.15, 0.2) is 0 Å². The van der Waals surface area contributed by atoms with E-state index < -0.39 is 0 Å². The first-order valence-corrected chi connectivity index (χ1v) is 7.18. The van der Waals surface area contributed by atoms with E-state index in [4.69, 9.17) is 5.73 Å². The molecule has 1 saturated carbocycles. The molecule has 2 atom stereocenters. The molecule has 2 rings (SSSR count). The van der Waals surface area contributed by atoms with E-state index >= 15 is 0 Å². The van der Waals surface area contributed by atoms with Crippen LogP contribution in [0.3, 0.4) is 0 Å². The number of aryl methyl sites for hydroxylation is 2. The largest absolute Gasteiger partial charge is 0.350 e. The van der Waals surface area contributed by atoms with Gasteiger partial charge in [-0.1, -0.05) is 19.8 Å². The lowest BCUT2D eigenvalue weighted by atomic mass is 9.85. The number of rotatable bonds is 4. The summed E-state index contributed by atoms with van der Waals surface area (Å²) in [6.45, 7) is 2.71. The number of nitrogens with zero attached hydrogens (tertiary/aromatic N) is 2. The quantitative estimate of drug-likeness (QED) is 0.859. The Hall–Kier alpha value is -1.36. The van der Waals surface area contributed by atoms with Crippen LogP contribution in [0.1, 0.15) is 48.8 Å². The summed E-state index contributed by atoms with van der Waals surface area (Å²) in [4.78, 5) is 12.1. The first kappa shape index (κ1) is 14.1. The van der Waals surface area contributed by atoms with Crippen molar-refractivity contribution in [3.05, 3.63) is 17.5 Å². The SMILES string of the molecule is CCc1cc(C(=O)NCC2CCCCC2N)n(C)n1. The van der Waals surface area contributed by atoms with E-state index in [1.165, 1.54) is 12.8 Å². The van der Waals surface area contributed by atoms with Crippen LogP contribution in [0.25, 0.3) is 0 Å². The molecule has 19 heavy (non-hydrogen) atoms. The molecule has 1 aromatic heterocycles. The number of aromatic nitrogens is 2. The van der Waals surface area contributed by atoms with Crippen molar-refractivity contribution in [1.82, 2.24) is 15.1 Å². The van der Waals surface area contributed by atoms with Gasteiger partial charge in [0.05, 0.1) is 5.69 Å². The fourth-order valence-corrected chi connectivity index (χ4v) is 2.72. The van der Waals surface area contributed by atoms with Crippen LogP contribution in [-0.2, 0) is 13.5 Å². The molecule has 2 unspecified atom stereocenters. The molecule has 0 bridgehead atoms. The second-order valence-corrected chi connectivity index (χ2v) is 5.42. The molecule has 1 aliphatic rings. The summed E-state index contributed by atoms with van der Waals surface area (Å²) in [5.41, 5.74) is 7.66. The molecule has 106 valence electrons. The van der Waals surface area contributed by atoms with Crippen LogP contribution in [-0.4, -0.2) is 28.3 Å². The van der Waals surface area contributed by atoms with E-state index in [2.05, 4.69) is 10.4 Å². The van der Waals surface area contributed by atoms with Crippen LogP contribution in [0.4, 0.5) is 0 Å². The molecule has 0 aromatic carbocycles. The lowest BCUT2D eigenvalue weighted by molar-refractivity contribution is 0.0932. The zero-order valence-corrected chi connectivity index (χ0v) is 11.9. The molecule has 1 heterocycles. The van der Waals surface area contributed by atoms with Gasteiger partial charge in [0.25, 0.3) is 5.91 Å². The van der Waals surface area contributed by atoms with E-state index in [0.717, 1.165) is 25.0 Å². The van der Waals surface area contributed by atoms with Crippen molar-refractivity contribution < 1.29 is 4.79 Å². The van der Waals surface area contributed by atoms with Crippen LogP contribution >= 0.6 is 0 Å². The monoisotopic (exact) mass is 264 g/mol. The van der Waals surface area contributed by atoms with Crippen LogP contribution < -0.4 is 11.1 Å². The molecule has 5 heteroatoms. The highest BCUT2D eigenvalue weighted by atomic mass is 16.2. The Morgan fingerprint density at radius 3 is 2.89 bits per heavy atom. The predicted molar refractivity (Wildman–Crippen MR) is 74.9 cm³/mol. The van der Waals surface area contributed by atoms with Gasteiger partial charge in [-0.05, 0) is 31.2 Å². The Labute approximate surface area is 114 Å².